The molecule has 2 heterocycles. The van der Waals surface area contributed by atoms with E-state index in [1.807, 2.05) is 31.2 Å². The Morgan fingerprint density at radius 2 is 2.18 bits per heavy atom. The lowest BCUT2D eigenvalue weighted by atomic mass is 10.2. The summed E-state index contributed by atoms with van der Waals surface area (Å²) in [6.45, 7) is 2.53. The van der Waals surface area contributed by atoms with Gasteiger partial charge in [0.25, 0.3) is 5.91 Å². The number of nitrogens with one attached hydrogen (secondary N) is 1. The number of benzene rings is 1. The second-order valence-corrected chi connectivity index (χ2v) is 7.86. The van der Waals surface area contributed by atoms with E-state index in [1.165, 1.54) is 0 Å². The summed E-state index contributed by atoms with van der Waals surface area (Å²) in [7, 11) is 0. The Kier molecular flexibility index (Phi) is 4.71. The van der Waals surface area contributed by atoms with E-state index in [2.05, 4.69) is 37.7 Å². The Labute approximate surface area is 145 Å². The molecule has 0 fully saturated rings. The summed E-state index contributed by atoms with van der Waals surface area (Å²) < 4.78 is 0.900. The summed E-state index contributed by atoms with van der Waals surface area (Å²) in [5.41, 5.74) is 1.67. The maximum absolute atomic E-state index is 12.1. The maximum Gasteiger partial charge on any atom is 0.251 e. The Balaban J connectivity index is 1.65. The van der Waals surface area contributed by atoms with Gasteiger partial charge in [-0.1, -0.05) is 22.0 Å². The number of aryl methyl sites for hydroxylation is 1. The average Bonchev–Trinajstić information content (AvgIpc) is 3.13. The van der Waals surface area contributed by atoms with Crippen molar-refractivity contribution in [3.63, 3.8) is 0 Å². The molecule has 0 unspecified atom stereocenters. The number of hydrogen-bond donors (Lipinski definition) is 1. The largest absolute Gasteiger partial charge is 0.347 e. The van der Waals surface area contributed by atoms with Crippen molar-refractivity contribution in [3.05, 3.63) is 61.7 Å². The molecule has 0 aliphatic rings. The van der Waals surface area contributed by atoms with Crippen LogP contribution in [0.2, 0.25) is 0 Å². The number of carbonyl (C=O) groups is 1. The van der Waals surface area contributed by atoms with Crippen molar-refractivity contribution in [3.8, 4) is 10.6 Å². The van der Waals surface area contributed by atoms with Crippen molar-refractivity contribution in [2.45, 2.75) is 13.5 Å². The third-order valence-corrected chi connectivity index (χ3v) is 5.42. The molecule has 6 heteroatoms. The van der Waals surface area contributed by atoms with E-state index in [1.54, 1.807) is 28.7 Å². The van der Waals surface area contributed by atoms with Crippen molar-refractivity contribution < 1.29 is 4.79 Å². The smallest absolute Gasteiger partial charge is 0.251 e. The Bertz CT molecular complexity index is 810. The van der Waals surface area contributed by atoms with Gasteiger partial charge < -0.3 is 5.32 Å². The molecule has 112 valence electrons. The molecule has 0 aliphatic carbocycles. The van der Waals surface area contributed by atoms with Crippen LogP contribution in [0.15, 0.2) is 46.3 Å². The number of hydrogen-bond acceptors (Lipinski definition) is 4. The fourth-order valence-corrected chi connectivity index (χ4v) is 3.98. The molecule has 3 nitrogen and oxygen atoms in total. The zero-order valence-corrected chi connectivity index (χ0v) is 15.0. The van der Waals surface area contributed by atoms with E-state index >= 15 is 0 Å². The lowest BCUT2D eigenvalue weighted by molar-refractivity contribution is 0.0951. The normalized spacial score (nSPS) is 10.6. The van der Waals surface area contributed by atoms with Gasteiger partial charge in [-0.2, -0.15) is 0 Å². The van der Waals surface area contributed by atoms with Crippen LogP contribution in [0, 0.1) is 6.92 Å². The summed E-state index contributed by atoms with van der Waals surface area (Å²) >= 11 is 6.68. The Morgan fingerprint density at radius 1 is 1.32 bits per heavy atom. The SMILES string of the molecule is Cc1nc(-c2ccc(CNC(=O)c3cccc(Br)c3)s2)cs1. The van der Waals surface area contributed by atoms with Crippen molar-refractivity contribution >= 4 is 44.5 Å². The lowest BCUT2D eigenvalue weighted by Crippen LogP contribution is -2.22. The Hall–Kier alpha value is -1.50. The van der Waals surface area contributed by atoms with Crippen molar-refractivity contribution in [1.82, 2.24) is 10.3 Å². The molecular weight excluding hydrogens is 380 g/mol. The van der Waals surface area contributed by atoms with Gasteiger partial charge >= 0.3 is 0 Å². The van der Waals surface area contributed by atoms with Gasteiger partial charge in [0.05, 0.1) is 22.1 Å². The molecule has 0 aliphatic heterocycles. The summed E-state index contributed by atoms with van der Waals surface area (Å²) in [4.78, 5) is 18.8. The second-order valence-electron chi connectivity index (χ2n) is 4.71. The van der Waals surface area contributed by atoms with Crippen LogP contribution in [-0.2, 0) is 6.54 Å². The first kappa shape index (κ1) is 15.4. The highest BCUT2D eigenvalue weighted by Crippen LogP contribution is 2.28. The van der Waals surface area contributed by atoms with Gasteiger partial charge in [0, 0.05) is 20.3 Å². The van der Waals surface area contributed by atoms with Crippen molar-refractivity contribution in [2.75, 3.05) is 0 Å². The minimum absolute atomic E-state index is 0.0687. The number of thiazole rings is 1. The Morgan fingerprint density at radius 3 is 2.91 bits per heavy atom. The van der Waals surface area contributed by atoms with Crippen LogP contribution < -0.4 is 5.32 Å². The summed E-state index contributed by atoms with van der Waals surface area (Å²) in [6.07, 6.45) is 0. The number of thiophene rings is 1. The first-order valence-electron chi connectivity index (χ1n) is 6.67. The first-order chi connectivity index (χ1) is 10.6. The van der Waals surface area contributed by atoms with Crippen LogP contribution >= 0.6 is 38.6 Å². The van der Waals surface area contributed by atoms with Gasteiger partial charge in [-0.05, 0) is 37.3 Å². The molecule has 2 aromatic heterocycles. The molecule has 1 amide bonds. The summed E-state index contributed by atoms with van der Waals surface area (Å²) in [5, 5.41) is 6.07. The number of carbonyl (C=O) groups excluding carboxylic acids is 1. The van der Waals surface area contributed by atoms with Gasteiger partial charge in [0.15, 0.2) is 0 Å². The highest BCUT2D eigenvalue weighted by molar-refractivity contribution is 9.10. The van der Waals surface area contributed by atoms with E-state index in [0.29, 0.717) is 12.1 Å². The zero-order chi connectivity index (χ0) is 15.5. The average molecular weight is 393 g/mol. The summed E-state index contributed by atoms with van der Waals surface area (Å²) in [5.74, 6) is -0.0687. The minimum atomic E-state index is -0.0687. The zero-order valence-electron chi connectivity index (χ0n) is 11.8. The predicted octanol–water partition coefficient (Wildman–Crippen LogP) is 4.87. The van der Waals surface area contributed by atoms with Crippen LogP contribution in [-0.4, -0.2) is 10.9 Å². The van der Waals surface area contributed by atoms with Crippen LogP contribution in [0.3, 0.4) is 0 Å². The van der Waals surface area contributed by atoms with Crippen LogP contribution in [0.4, 0.5) is 0 Å². The number of halogens is 1. The van der Waals surface area contributed by atoms with Crippen LogP contribution in [0.1, 0.15) is 20.2 Å². The molecule has 0 saturated heterocycles. The molecule has 3 aromatic rings. The molecule has 1 aromatic carbocycles. The van der Waals surface area contributed by atoms with E-state index in [4.69, 9.17) is 0 Å². The number of nitrogens with zero attached hydrogens (tertiary/aromatic N) is 1. The second kappa shape index (κ2) is 6.73. The topological polar surface area (TPSA) is 42.0 Å². The highest BCUT2D eigenvalue weighted by Gasteiger charge is 2.09. The van der Waals surface area contributed by atoms with Gasteiger partial charge in [-0.3, -0.25) is 4.79 Å². The fourth-order valence-electron chi connectivity index (χ4n) is 1.99. The van der Waals surface area contributed by atoms with E-state index in [0.717, 1.165) is 24.9 Å². The van der Waals surface area contributed by atoms with E-state index < -0.39 is 0 Å². The lowest BCUT2D eigenvalue weighted by Gasteiger charge is -2.04. The standard InChI is InChI=1S/C16H13BrN2OS2/c1-10-19-14(9-21-10)15-6-5-13(22-15)8-18-16(20)11-3-2-4-12(17)7-11/h2-7,9H,8H2,1H3,(H,18,20). The third-order valence-electron chi connectivity index (χ3n) is 3.04. The quantitative estimate of drug-likeness (QED) is 0.687. The molecule has 3 rings (SSSR count). The molecule has 0 saturated carbocycles. The highest BCUT2D eigenvalue weighted by atomic mass is 79.9. The number of aromatic nitrogens is 1. The predicted molar refractivity (Wildman–Crippen MR) is 95.5 cm³/mol. The molecule has 0 radical (unpaired) electrons. The van der Waals surface area contributed by atoms with E-state index in [9.17, 15) is 4.79 Å². The maximum atomic E-state index is 12.1. The van der Waals surface area contributed by atoms with Crippen LogP contribution in [0.5, 0.6) is 0 Å². The molecule has 0 atom stereocenters. The molecule has 0 bridgehead atoms. The molecule has 1 N–H and O–H groups in total. The van der Waals surface area contributed by atoms with Gasteiger partial charge in [0.2, 0.25) is 0 Å². The molecule has 0 spiro atoms. The molecular formula is C16H13BrN2OS2. The van der Waals surface area contributed by atoms with Crippen molar-refractivity contribution in [2.24, 2.45) is 0 Å². The van der Waals surface area contributed by atoms with Gasteiger partial charge in [-0.25, -0.2) is 4.98 Å². The van der Waals surface area contributed by atoms with Gasteiger partial charge in [0.1, 0.15) is 0 Å². The fraction of sp³-hybridized carbons (Fsp3) is 0.125. The van der Waals surface area contributed by atoms with Crippen LogP contribution in [0.25, 0.3) is 10.6 Å². The first-order valence-corrected chi connectivity index (χ1v) is 9.16. The third kappa shape index (κ3) is 3.63. The summed E-state index contributed by atoms with van der Waals surface area (Å²) in [6, 6.07) is 11.5. The van der Waals surface area contributed by atoms with Gasteiger partial charge in [-0.15, -0.1) is 22.7 Å². The molecule has 22 heavy (non-hydrogen) atoms. The number of rotatable bonds is 4. The van der Waals surface area contributed by atoms with Crippen molar-refractivity contribution in [1.29, 1.82) is 0 Å². The minimum Gasteiger partial charge on any atom is -0.347 e. The number of amides is 1. The van der Waals surface area contributed by atoms with E-state index in [-0.39, 0.29) is 5.91 Å². The monoisotopic (exact) mass is 392 g/mol.